The molecule has 0 aromatic carbocycles. The van der Waals surface area contributed by atoms with E-state index in [1.807, 2.05) is 0 Å². The van der Waals surface area contributed by atoms with Gasteiger partial charge < -0.3 is 4.98 Å². The van der Waals surface area contributed by atoms with Crippen LogP contribution in [0.15, 0.2) is 22.1 Å². The first-order valence-electron chi connectivity index (χ1n) is 2.31. The summed E-state index contributed by atoms with van der Waals surface area (Å²) in [7, 11) is 0. The normalized spacial score (nSPS) is 9.56. The Labute approximate surface area is 69.3 Å². The highest BCUT2D eigenvalue weighted by Crippen LogP contribution is 2.16. The van der Waals surface area contributed by atoms with E-state index in [1.54, 1.807) is 12.3 Å². The maximum absolute atomic E-state index is 4.86. The lowest BCUT2D eigenvalue weighted by molar-refractivity contribution is 1.12. The van der Waals surface area contributed by atoms with Gasteiger partial charge in [-0.2, -0.15) is 0 Å². The Hall–Kier alpha value is 0.0700. The maximum Gasteiger partial charge on any atom is 0.117 e. The van der Waals surface area contributed by atoms with Gasteiger partial charge in [-0.1, -0.05) is 12.2 Å². The molecule has 0 aliphatic heterocycles. The molecule has 0 saturated carbocycles. The first-order valence-corrected chi connectivity index (χ1v) is 3.61. The summed E-state index contributed by atoms with van der Waals surface area (Å²) >= 11 is 13.1. The van der Waals surface area contributed by atoms with Gasteiger partial charge in [-0.3, -0.25) is 0 Å². The van der Waals surface area contributed by atoms with Crippen LogP contribution in [0.1, 0.15) is 0 Å². The number of nitrogens with one attached hydrogen (secondary N) is 1. The van der Waals surface area contributed by atoms with Gasteiger partial charge in [0.05, 0.1) is 4.90 Å². The molecular weight excluding hydrogens is 170 g/mol. The highest BCUT2D eigenvalue weighted by Gasteiger charge is 1.91. The van der Waals surface area contributed by atoms with E-state index in [1.165, 1.54) is 0 Å². The van der Waals surface area contributed by atoms with Gasteiger partial charge in [0.25, 0.3) is 0 Å². The Morgan fingerprint density at radius 1 is 1.44 bits per heavy atom. The zero-order valence-corrected chi connectivity index (χ0v) is 7.06. The summed E-state index contributed by atoms with van der Waals surface area (Å²) in [6.07, 6.45) is 1.74. The Morgan fingerprint density at radius 2 is 2.11 bits per heavy atom. The highest BCUT2D eigenvalue weighted by molar-refractivity contribution is 7.84. The van der Waals surface area contributed by atoms with Crippen molar-refractivity contribution in [1.82, 2.24) is 4.98 Å². The van der Waals surface area contributed by atoms with Gasteiger partial charge in [0, 0.05) is 11.1 Å². The molecule has 1 heterocycles. The van der Waals surface area contributed by atoms with E-state index in [2.05, 4.69) is 30.2 Å². The summed E-state index contributed by atoms with van der Waals surface area (Å²) < 4.78 is 0.630. The Morgan fingerprint density at radius 3 is 2.56 bits per heavy atom. The smallest absolute Gasteiger partial charge is 0.117 e. The van der Waals surface area contributed by atoms with Gasteiger partial charge in [0.1, 0.15) is 4.64 Å². The second-order valence-electron chi connectivity index (χ2n) is 1.54. The van der Waals surface area contributed by atoms with Crippen molar-refractivity contribution in [2.45, 2.75) is 9.79 Å². The molecule has 0 aliphatic carbocycles. The fraction of sp³-hybridized carbons (Fsp3) is 0. The number of rotatable bonds is 0. The van der Waals surface area contributed by atoms with Crippen LogP contribution in [0.4, 0.5) is 0 Å². The topological polar surface area (TPSA) is 15.8 Å². The van der Waals surface area contributed by atoms with Crippen molar-refractivity contribution in [3.05, 3.63) is 16.9 Å². The van der Waals surface area contributed by atoms with Gasteiger partial charge in [-0.15, -0.1) is 25.3 Å². The van der Waals surface area contributed by atoms with Gasteiger partial charge in [-0.05, 0) is 6.07 Å². The van der Waals surface area contributed by atoms with Crippen LogP contribution < -0.4 is 0 Å². The molecule has 1 rings (SSSR count). The zero-order chi connectivity index (χ0) is 6.85. The van der Waals surface area contributed by atoms with Gasteiger partial charge in [-0.25, -0.2) is 0 Å². The Kier molecular flexibility index (Phi) is 2.21. The van der Waals surface area contributed by atoms with Gasteiger partial charge >= 0.3 is 0 Å². The lowest BCUT2D eigenvalue weighted by atomic mass is 10.5. The molecule has 0 amide bonds. The van der Waals surface area contributed by atoms with Gasteiger partial charge in [0.15, 0.2) is 0 Å². The van der Waals surface area contributed by atoms with Crippen molar-refractivity contribution < 1.29 is 0 Å². The molecule has 1 nitrogen and oxygen atoms in total. The largest absolute Gasteiger partial charge is 0.352 e. The van der Waals surface area contributed by atoms with Crippen molar-refractivity contribution >= 4 is 37.5 Å². The predicted octanol–water partition coefficient (Wildman–Crippen LogP) is 2.32. The van der Waals surface area contributed by atoms with Crippen LogP contribution in [0.25, 0.3) is 0 Å². The Balaban J connectivity index is 3.43. The molecule has 1 aromatic heterocycles. The van der Waals surface area contributed by atoms with Crippen LogP contribution in [0, 0.1) is 4.64 Å². The molecule has 1 N–H and O–H groups in total. The summed E-state index contributed by atoms with van der Waals surface area (Å²) in [6.45, 7) is 0. The molecule has 48 valence electrons. The second-order valence-corrected chi connectivity index (χ2v) is 2.88. The monoisotopic (exact) mass is 175 g/mol. The molecule has 0 bridgehead atoms. The summed E-state index contributed by atoms with van der Waals surface area (Å²) in [5, 5.41) is 0. The maximum atomic E-state index is 4.86. The Bertz CT molecular complexity index is 265. The van der Waals surface area contributed by atoms with E-state index in [-0.39, 0.29) is 0 Å². The minimum absolute atomic E-state index is 0.630. The zero-order valence-electron chi connectivity index (χ0n) is 4.46. The molecule has 0 aliphatic rings. The van der Waals surface area contributed by atoms with Crippen LogP contribution >= 0.6 is 37.5 Å². The van der Waals surface area contributed by atoms with Crippen molar-refractivity contribution in [3.8, 4) is 0 Å². The van der Waals surface area contributed by atoms with Crippen molar-refractivity contribution in [1.29, 1.82) is 0 Å². The lowest BCUT2D eigenvalue weighted by Gasteiger charge is -1.93. The van der Waals surface area contributed by atoms with Crippen LogP contribution in [0.2, 0.25) is 0 Å². The molecule has 0 fully saturated rings. The van der Waals surface area contributed by atoms with Crippen LogP contribution in [0.3, 0.4) is 0 Å². The molecule has 9 heavy (non-hydrogen) atoms. The molecule has 0 saturated heterocycles. The number of H-pyrrole nitrogens is 1. The van der Waals surface area contributed by atoms with E-state index in [4.69, 9.17) is 12.2 Å². The number of thiol groups is 2. The number of hydrogen-bond acceptors (Lipinski definition) is 3. The predicted molar refractivity (Wildman–Crippen MR) is 46.1 cm³/mol. The first kappa shape index (κ1) is 7.18. The van der Waals surface area contributed by atoms with Crippen molar-refractivity contribution in [3.63, 3.8) is 0 Å². The summed E-state index contributed by atoms with van der Waals surface area (Å²) in [6, 6.07) is 1.81. The van der Waals surface area contributed by atoms with E-state index in [0.29, 0.717) is 4.64 Å². The van der Waals surface area contributed by atoms with E-state index >= 15 is 0 Å². The minimum atomic E-state index is 0.630. The molecule has 4 heteroatoms. The number of hydrogen-bond donors (Lipinski definition) is 3. The number of pyridine rings is 1. The number of aromatic amines is 1. The number of aromatic nitrogens is 1. The van der Waals surface area contributed by atoms with E-state index in [9.17, 15) is 0 Å². The summed E-state index contributed by atoms with van der Waals surface area (Å²) in [4.78, 5) is 4.37. The molecular formula is C5H5NS3. The fourth-order valence-electron chi connectivity index (χ4n) is 0.460. The quantitative estimate of drug-likeness (QED) is 0.407. The third-order valence-electron chi connectivity index (χ3n) is 0.913. The van der Waals surface area contributed by atoms with Crippen molar-refractivity contribution in [2.24, 2.45) is 0 Å². The second kappa shape index (κ2) is 2.77. The highest BCUT2D eigenvalue weighted by atomic mass is 32.1. The SMILES string of the molecule is S=c1[nH]ccc(S)c1S. The summed E-state index contributed by atoms with van der Waals surface area (Å²) in [5.41, 5.74) is 0. The van der Waals surface area contributed by atoms with Crippen molar-refractivity contribution in [2.75, 3.05) is 0 Å². The summed E-state index contributed by atoms with van der Waals surface area (Å²) in [5.74, 6) is 0. The fourth-order valence-corrected chi connectivity index (χ4v) is 1.04. The van der Waals surface area contributed by atoms with Crippen LogP contribution in [-0.4, -0.2) is 4.98 Å². The molecule has 0 radical (unpaired) electrons. The third-order valence-corrected chi connectivity index (χ3v) is 2.40. The third kappa shape index (κ3) is 1.50. The van der Waals surface area contributed by atoms with Crippen LogP contribution in [-0.2, 0) is 0 Å². The molecule has 0 spiro atoms. The average molecular weight is 175 g/mol. The molecule has 0 atom stereocenters. The van der Waals surface area contributed by atoms with E-state index < -0.39 is 0 Å². The first-order chi connectivity index (χ1) is 4.22. The van der Waals surface area contributed by atoms with Gasteiger partial charge in [0.2, 0.25) is 0 Å². The van der Waals surface area contributed by atoms with E-state index in [0.717, 1.165) is 9.79 Å². The van der Waals surface area contributed by atoms with Crippen LogP contribution in [0.5, 0.6) is 0 Å². The average Bonchev–Trinajstić information content (AvgIpc) is 1.83. The molecule has 1 aromatic rings. The standard InChI is InChI=1S/C5H5NS3/c7-3-1-2-6-5(9)4(3)8/h1-2,8H,(H2,6,7,9). The molecule has 0 unspecified atom stereocenters. The minimum Gasteiger partial charge on any atom is -0.352 e. The lowest BCUT2D eigenvalue weighted by Crippen LogP contribution is -1.76.